The Morgan fingerprint density at radius 3 is 2.67 bits per heavy atom. The highest BCUT2D eigenvalue weighted by Crippen LogP contribution is 2.36. The van der Waals surface area contributed by atoms with Gasteiger partial charge in [0.05, 0.1) is 6.54 Å². The molecule has 2 aromatic rings. The summed E-state index contributed by atoms with van der Waals surface area (Å²) in [5.74, 6) is -1.23. The van der Waals surface area contributed by atoms with Crippen LogP contribution in [0.5, 0.6) is 0 Å². The van der Waals surface area contributed by atoms with E-state index in [1.807, 2.05) is 0 Å². The van der Waals surface area contributed by atoms with Gasteiger partial charge < -0.3 is 10.6 Å². The van der Waals surface area contributed by atoms with E-state index in [1.54, 1.807) is 12.1 Å². The van der Waals surface area contributed by atoms with Crippen LogP contribution in [-0.2, 0) is 11.3 Å². The largest absolute Gasteiger partial charge is 0.316 e. The summed E-state index contributed by atoms with van der Waals surface area (Å²) in [6, 6.07) is 7.72. The molecule has 0 bridgehead atoms. The van der Waals surface area contributed by atoms with E-state index < -0.39 is 17.7 Å². The molecule has 0 aromatic heterocycles. The maximum atomic E-state index is 13.9. The Morgan fingerprint density at radius 1 is 1.19 bits per heavy atom. The number of hydrogen-bond acceptors (Lipinski definition) is 2. The van der Waals surface area contributed by atoms with Crippen LogP contribution in [0.4, 0.5) is 14.5 Å². The molecule has 1 amide bonds. The zero-order chi connectivity index (χ0) is 15.1. The first-order chi connectivity index (χ1) is 9.97. The maximum absolute atomic E-state index is 13.9. The van der Waals surface area contributed by atoms with Gasteiger partial charge in [-0.3, -0.25) is 4.79 Å². The number of nitrogens with two attached hydrogens (primary N) is 1. The fraction of sp³-hybridized carbons (Fsp3) is 0.133. The molecule has 1 unspecified atom stereocenters. The highest BCUT2D eigenvalue weighted by atomic mass is 79.9. The second-order valence-electron chi connectivity index (χ2n) is 4.84. The van der Waals surface area contributed by atoms with Gasteiger partial charge in [0.2, 0.25) is 5.91 Å². The standard InChI is InChI=1S/C15H11BrF2N2O/c16-9-2-1-8(12(18)5-9)7-20-13-4-3-10(17)6-11(13)14(19)15(20)21/h1-6,14H,7,19H2. The number of halogens is 3. The lowest BCUT2D eigenvalue weighted by Gasteiger charge is -2.18. The van der Waals surface area contributed by atoms with E-state index in [1.165, 1.54) is 29.2 Å². The molecule has 1 atom stereocenters. The summed E-state index contributed by atoms with van der Waals surface area (Å²) in [6.07, 6.45) is 0. The molecule has 0 radical (unpaired) electrons. The second-order valence-corrected chi connectivity index (χ2v) is 5.76. The summed E-state index contributed by atoms with van der Waals surface area (Å²) in [7, 11) is 0. The van der Waals surface area contributed by atoms with Crippen molar-refractivity contribution in [3.8, 4) is 0 Å². The lowest BCUT2D eigenvalue weighted by atomic mass is 10.1. The van der Waals surface area contributed by atoms with Crippen LogP contribution in [-0.4, -0.2) is 5.91 Å². The molecule has 0 saturated carbocycles. The van der Waals surface area contributed by atoms with Crippen molar-refractivity contribution in [3.63, 3.8) is 0 Å². The molecule has 1 heterocycles. The number of nitrogens with zero attached hydrogens (tertiary/aromatic N) is 1. The average Bonchev–Trinajstić information content (AvgIpc) is 2.66. The van der Waals surface area contributed by atoms with Crippen LogP contribution < -0.4 is 10.6 Å². The quantitative estimate of drug-likeness (QED) is 0.901. The van der Waals surface area contributed by atoms with Crippen molar-refractivity contribution in [1.29, 1.82) is 0 Å². The Morgan fingerprint density at radius 2 is 1.95 bits per heavy atom. The minimum atomic E-state index is -0.908. The summed E-state index contributed by atoms with van der Waals surface area (Å²) >= 11 is 3.18. The zero-order valence-electron chi connectivity index (χ0n) is 10.8. The molecule has 1 aliphatic rings. The van der Waals surface area contributed by atoms with Crippen molar-refractivity contribution >= 4 is 27.5 Å². The van der Waals surface area contributed by atoms with Gasteiger partial charge in [-0.15, -0.1) is 0 Å². The summed E-state index contributed by atoms with van der Waals surface area (Å²) in [5.41, 5.74) is 7.13. The molecule has 2 N–H and O–H groups in total. The van der Waals surface area contributed by atoms with E-state index in [0.717, 1.165) is 0 Å². The number of carbonyl (C=O) groups is 1. The van der Waals surface area contributed by atoms with Crippen LogP contribution in [0, 0.1) is 11.6 Å². The van der Waals surface area contributed by atoms with Gasteiger partial charge in [-0.05, 0) is 30.3 Å². The van der Waals surface area contributed by atoms with E-state index in [-0.39, 0.29) is 12.5 Å². The first-order valence-corrected chi connectivity index (χ1v) is 7.07. The molecular formula is C15H11BrF2N2O. The van der Waals surface area contributed by atoms with Gasteiger partial charge in [0.25, 0.3) is 0 Å². The van der Waals surface area contributed by atoms with Crippen molar-refractivity contribution in [3.05, 3.63) is 63.6 Å². The van der Waals surface area contributed by atoms with Crippen molar-refractivity contribution in [1.82, 2.24) is 0 Å². The monoisotopic (exact) mass is 352 g/mol. The van der Waals surface area contributed by atoms with Gasteiger partial charge in [0.15, 0.2) is 0 Å². The van der Waals surface area contributed by atoms with Crippen molar-refractivity contribution < 1.29 is 13.6 Å². The fourth-order valence-corrected chi connectivity index (χ4v) is 2.76. The summed E-state index contributed by atoms with van der Waals surface area (Å²) < 4.78 is 27.8. The highest BCUT2D eigenvalue weighted by Gasteiger charge is 2.35. The number of carbonyl (C=O) groups excluding carboxylic acids is 1. The van der Waals surface area contributed by atoms with Crippen LogP contribution in [0.2, 0.25) is 0 Å². The van der Waals surface area contributed by atoms with Crippen molar-refractivity contribution in [2.45, 2.75) is 12.6 Å². The first-order valence-electron chi connectivity index (χ1n) is 6.27. The minimum absolute atomic E-state index is 0.0598. The van der Waals surface area contributed by atoms with Gasteiger partial charge in [0.1, 0.15) is 17.7 Å². The van der Waals surface area contributed by atoms with Gasteiger partial charge >= 0.3 is 0 Å². The van der Waals surface area contributed by atoms with Gasteiger partial charge in [-0.1, -0.05) is 22.0 Å². The lowest BCUT2D eigenvalue weighted by molar-refractivity contribution is -0.119. The van der Waals surface area contributed by atoms with Crippen LogP contribution in [0.15, 0.2) is 40.9 Å². The highest BCUT2D eigenvalue weighted by molar-refractivity contribution is 9.10. The van der Waals surface area contributed by atoms with E-state index in [9.17, 15) is 13.6 Å². The number of hydrogen-bond donors (Lipinski definition) is 1. The van der Waals surface area contributed by atoms with Crippen molar-refractivity contribution in [2.75, 3.05) is 4.90 Å². The van der Waals surface area contributed by atoms with Gasteiger partial charge in [-0.25, -0.2) is 8.78 Å². The van der Waals surface area contributed by atoms with Crippen LogP contribution in [0.1, 0.15) is 17.2 Å². The van der Waals surface area contributed by atoms with Crippen LogP contribution >= 0.6 is 15.9 Å². The Bertz CT molecular complexity index is 736. The predicted molar refractivity (Wildman–Crippen MR) is 78.6 cm³/mol. The molecule has 6 heteroatoms. The van der Waals surface area contributed by atoms with E-state index in [4.69, 9.17) is 5.73 Å². The molecule has 3 nitrogen and oxygen atoms in total. The Hall–Kier alpha value is -1.79. The number of benzene rings is 2. The van der Waals surface area contributed by atoms with Gasteiger partial charge in [-0.2, -0.15) is 0 Å². The second kappa shape index (κ2) is 5.20. The molecule has 108 valence electrons. The number of amides is 1. The maximum Gasteiger partial charge on any atom is 0.248 e. The first kappa shape index (κ1) is 14.2. The third-order valence-electron chi connectivity index (χ3n) is 3.49. The normalized spacial score (nSPS) is 17.2. The molecular weight excluding hydrogens is 342 g/mol. The zero-order valence-corrected chi connectivity index (χ0v) is 12.4. The minimum Gasteiger partial charge on any atom is -0.316 e. The Kier molecular flexibility index (Phi) is 3.51. The summed E-state index contributed by atoms with van der Waals surface area (Å²) in [5, 5.41) is 0. The Labute approximate surface area is 128 Å². The molecule has 0 saturated heterocycles. The topological polar surface area (TPSA) is 46.3 Å². The molecule has 2 aromatic carbocycles. The third-order valence-corrected chi connectivity index (χ3v) is 3.98. The molecule has 21 heavy (non-hydrogen) atoms. The van der Waals surface area contributed by atoms with E-state index in [0.29, 0.717) is 21.3 Å². The molecule has 0 spiro atoms. The van der Waals surface area contributed by atoms with Crippen LogP contribution in [0.3, 0.4) is 0 Å². The molecule has 1 aliphatic heterocycles. The van der Waals surface area contributed by atoms with E-state index in [2.05, 4.69) is 15.9 Å². The molecule has 0 fully saturated rings. The number of rotatable bonds is 2. The van der Waals surface area contributed by atoms with Gasteiger partial charge in [0, 0.05) is 21.3 Å². The van der Waals surface area contributed by atoms with E-state index >= 15 is 0 Å². The third kappa shape index (κ3) is 2.45. The number of fused-ring (bicyclic) bond motifs is 1. The molecule has 0 aliphatic carbocycles. The summed E-state index contributed by atoms with van der Waals surface area (Å²) in [6.45, 7) is 0.0598. The lowest BCUT2D eigenvalue weighted by Crippen LogP contribution is -2.31. The van der Waals surface area contributed by atoms with Crippen LogP contribution in [0.25, 0.3) is 0 Å². The summed E-state index contributed by atoms with van der Waals surface area (Å²) in [4.78, 5) is 13.6. The average molecular weight is 353 g/mol. The van der Waals surface area contributed by atoms with Crippen molar-refractivity contribution in [2.24, 2.45) is 5.73 Å². The predicted octanol–water partition coefficient (Wildman–Crippen LogP) is 3.27. The smallest absolute Gasteiger partial charge is 0.248 e. The number of anilines is 1. The molecule has 3 rings (SSSR count). The SMILES string of the molecule is NC1C(=O)N(Cc2ccc(Br)cc2F)c2ccc(F)cc21. The Balaban J connectivity index is 1.98. The fourth-order valence-electron chi connectivity index (χ4n) is 2.42.